The van der Waals surface area contributed by atoms with E-state index in [0.717, 1.165) is 52.1 Å². The number of anilines is 1. The molecule has 1 aromatic heterocycles. The average molecular weight is 433 g/mol. The van der Waals surface area contributed by atoms with Crippen molar-refractivity contribution in [1.29, 1.82) is 0 Å². The molecule has 29 heavy (non-hydrogen) atoms. The highest BCUT2D eigenvalue weighted by Crippen LogP contribution is 2.37. The lowest BCUT2D eigenvalue weighted by Crippen LogP contribution is -2.23. The van der Waals surface area contributed by atoms with Gasteiger partial charge in [-0.05, 0) is 56.7 Å². The van der Waals surface area contributed by atoms with Gasteiger partial charge in [-0.25, -0.2) is 0 Å². The lowest BCUT2D eigenvalue weighted by Gasteiger charge is -2.11. The van der Waals surface area contributed by atoms with Crippen LogP contribution in [0.1, 0.15) is 44.8 Å². The Morgan fingerprint density at radius 3 is 2.72 bits per heavy atom. The number of nitrogens with two attached hydrogens (primary N) is 1. The number of rotatable bonds is 7. The van der Waals surface area contributed by atoms with E-state index in [1.165, 1.54) is 23.1 Å². The van der Waals surface area contributed by atoms with Crippen LogP contribution >= 0.6 is 23.1 Å². The van der Waals surface area contributed by atoms with E-state index in [2.05, 4.69) is 5.32 Å². The molecule has 0 atom stereocenters. The smallest absolute Gasteiger partial charge is 0.316 e. The van der Waals surface area contributed by atoms with Crippen molar-refractivity contribution in [3.63, 3.8) is 0 Å². The summed E-state index contributed by atoms with van der Waals surface area (Å²) in [5, 5.41) is 3.14. The topological polar surface area (TPSA) is 98.5 Å². The first kappa shape index (κ1) is 21.4. The molecule has 2 amide bonds. The standard InChI is InChI=1S/C21H24N2O4S2/c1-12-7-8-13(2)16(9-12)28-11-18(25)27-10-17(24)23-21-19(20(22)26)14-5-3-4-6-15(14)29-21/h7-9H,3-6,10-11H2,1-2H3,(H2,22,26)(H,23,24). The molecule has 1 aliphatic carbocycles. The minimum absolute atomic E-state index is 0.122. The van der Waals surface area contributed by atoms with Crippen molar-refractivity contribution >= 4 is 45.9 Å². The molecule has 0 radical (unpaired) electrons. The number of aryl methyl sites for hydroxylation is 3. The zero-order chi connectivity index (χ0) is 21.0. The predicted octanol–water partition coefficient (Wildman–Crippen LogP) is 3.62. The fourth-order valence-electron chi connectivity index (χ4n) is 3.26. The minimum atomic E-state index is -0.540. The number of primary amides is 1. The SMILES string of the molecule is Cc1ccc(C)c(SCC(=O)OCC(=O)Nc2sc3c(c2C(N)=O)CCCC3)c1. The summed E-state index contributed by atoms with van der Waals surface area (Å²) in [7, 11) is 0. The van der Waals surface area contributed by atoms with Gasteiger partial charge in [0.05, 0.1) is 11.3 Å². The molecule has 0 unspecified atom stereocenters. The van der Waals surface area contributed by atoms with Gasteiger partial charge < -0.3 is 15.8 Å². The lowest BCUT2D eigenvalue weighted by molar-refractivity contribution is -0.144. The molecule has 3 rings (SSSR count). The van der Waals surface area contributed by atoms with E-state index in [4.69, 9.17) is 10.5 Å². The quantitative estimate of drug-likeness (QED) is 0.514. The highest BCUT2D eigenvalue weighted by atomic mass is 32.2. The fourth-order valence-corrected chi connectivity index (χ4v) is 5.50. The Morgan fingerprint density at radius 2 is 1.97 bits per heavy atom. The van der Waals surface area contributed by atoms with E-state index in [0.29, 0.717) is 10.6 Å². The first-order valence-corrected chi connectivity index (χ1v) is 11.2. The lowest BCUT2D eigenvalue weighted by atomic mass is 9.95. The predicted molar refractivity (Wildman–Crippen MR) is 116 cm³/mol. The first-order valence-electron chi connectivity index (χ1n) is 9.45. The molecule has 3 N–H and O–H groups in total. The van der Waals surface area contributed by atoms with E-state index >= 15 is 0 Å². The number of nitrogens with one attached hydrogen (secondary N) is 1. The largest absolute Gasteiger partial charge is 0.455 e. The second kappa shape index (κ2) is 9.45. The van der Waals surface area contributed by atoms with Gasteiger partial charge >= 0.3 is 5.97 Å². The third-order valence-corrected chi connectivity index (χ3v) is 7.06. The van der Waals surface area contributed by atoms with Crippen LogP contribution in [0.2, 0.25) is 0 Å². The zero-order valence-electron chi connectivity index (χ0n) is 16.5. The summed E-state index contributed by atoms with van der Waals surface area (Å²) in [6.07, 6.45) is 3.76. The number of hydrogen-bond acceptors (Lipinski definition) is 6. The fraction of sp³-hybridized carbons (Fsp3) is 0.381. The minimum Gasteiger partial charge on any atom is -0.455 e. The van der Waals surface area contributed by atoms with E-state index in [-0.39, 0.29) is 5.75 Å². The van der Waals surface area contributed by atoms with Crippen molar-refractivity contribution in [3.05, 3.63) is 45.3 Å². The number of thiophene rings is 1. The maximum absolute atomic E-state index is 12.2. The van der Waals surface area contributed by atoms with Gasteiger partial charge in [0.25, 0.3) is 11.8 Å². The zero-order valence-corrected chi connectivity index (χ0v) is 18.1. The summed E-state index contributed by atoms with van der Waals surface area (Å²) in [6.45, 7) is 3.58. The second-order valence-corrected chi connectivity index (χ2v) is 9.17. The molecule has 0 spiro atoms. The molecule has 6 nitrogen and oxygen atoms in total. The van der Waals surface area contributed by atoms with Gasteiger partial charge in [0.2, 0.25) is 0 Å². The van der Waals surface area contributed by atoms with Crippen molar-refractivity contribution in [3.8, 4) is 0 Å². The van der Waals surface area contributed by atoms with Gasteiger partial charge in [0, 0.05) is 9.77 Å². The number of ether oxygens (including phenoxy) is 1. The summed E-state index contributed by atoms with van der Waals surface area (Å²) in [5.41, 5.74) is 9.08. The van der Waals surface area contributed by atoms with Crippen LogP contribution in [0.4, 0.5) is 5.00 Å². The van der Waals surface area contributed by atoms with E-state index in [9.17, 15) is 14.4 Å². The summed E-state index contributed by atoms with van der Waals surface area (Å²) >= 11 is 2.77. The monoisotopic (exact) mass is 432 g/mol. The van der Waals surface area contributed by atoms with Crippen LogP contribution in [0.15, 0.2) is 23.1 Å². The average Bonchev–Trinajstić information content (AvgIpc) is 3.05. The Labute approximate surface area is 178 Å². The number of fused-ring (bicyclic) bond motifs is 1. The third kappa shape index (κ3) is 5.39. The molecule has 2 aromatic rings. The van der Waals surface area contributed by atoms with Crippen LogP contribution in [0.25, 0.3) is 0 Å². The van der Waals surface area contributed by atoms with Gasteiger partial charge in [0.15, 0.2) is 6.61 Å². The van der Waals surface area contributed by atoms with Crippen LogP contribution in [0.5, 0.6) is 0 Å². The Balaban J connectivity index is 1.53. The highest BCUT2D eigenvalue weighted by molar-refractivity contribution is 8.00. The Hall–Kier alpha value is -2.32. The van der Waals surface area contributed by atoms with E-state index in [1.807, 2.05) is 32.0 Å². The number of amides is 2. The van der Waals surface area contributed by atoms with Gasteiger partial charge in [-0.3, -0.25) is 14.4 Å². The number of esters is 1. The Bertz CT molecular complexity index is 952. The number of carbonyl (C=O) groups is 3. The molecule has 0 saturated carbocycles. The van der Waals surface area contributed by atoms with Gasteiger partial charge in [-0.2, -0.15) is 0 Å². The number of benzene rings is 1. The van der Waals surface area contributed by atoms with Gasteiger partial charge in [-0.1, -0.05) is 17.7 Å². The van der Waals surface area contributed by atoms with Gasteiger partial charge in [-0.15, -0.1) is 23.1 Å². The van der Waals surface area contributed by atoms with Crippen molar-refractivity contribution in [1.82, 2.24) is 0 Å². The summed E-state index contributed by atoms with van der Waals surface area (Å²) in [6, 6.07) is 6.04. The summed E-state index contributed by atoms with van der Waals surface area (Å²) in [4.78, 5) is 38.2. The van der Waals surface area contributed by atoms with Crippen molar-refractivity contribution in [2.75, 3.05) is 17.7 Å². The van der Waals surface area contributed by atoms with Crippen molar-refractivity contribution in [2.45, 2.75) is 44.4 Å². The molecular weight excluding hydrogens is 408 g/mol. The third-order valence-electron chi connectivity index (χ3n) is 4.72. The van der Waals surface area contributed by atoms with Crippen LogP contribution in [-0.4, -0.2) is 30.1 Å². The van der Waals surface area contributed by atoms with Crippen molar-refractivity contribution < 1.29 is 19.1 Å². The summed E-state index contributed by atoms with van der Waals surface area (Å²) < 4.78 is 5.09. The van der Waals surface area contributed by atoms with Gasteiger partial charge in [0.1, 0.15) is 5.00 Å². The molecule has 1 aromatic carbocycles. The molecular formula is C21H24N2O4S2. The maximum Gasteiger partial charge on any atom is 0.316 e. The maximum atomic E-state index is 12.2. The molecule has 154 valence electrons. The van der Waals surface area contributed by atoms with Crippen LogP contribution in [0, 0.1) is 13.8 Å². The number of hydrogen-bond donors (Lipinski definition) is 2. The van der Waals surface area contributed by atoms with Crippen LogP contribution in [-0.2, 0) is 27.2 Å². The normalized spacial score (nSPS) is 12.9. The molecule has 0 aliphatic heterocycles. The molecule has 0 fully saturated rings. The molecule has 1 aliphatic rings. The first-order chi connectivity index (χ1) is 13.8. The molecule has 0 bridgehead atoms. The van der Waals surface area contributed by atoms with E-state index < -0.39 is 24.4 Å². The molecule has 1 heterocycles. The Kier molecular flexibility index (Phi) is 6.97. The number of carbonyl (C=O) groups excluding carboxylic acids is 3. The second-order valence-electron chi connectivity index (χ2n) is 7.05. The molecule has 8 heteroatoms. The van der Waals surface area contributed by atoms with E-state index in [1.54, 1.807) is 0 Å². The van der Waals surface area contributed by atoms with Crippen LogP contribution in [0.3, 0.4) is 0 Å². The molecule has 0 saturated heterocycles. The Morgan fingerprint density at radius 1 is 1.21 bits per heavy atom. The highest BCUT2D eigenvalue weighted by Gasteiger charge is 2.25. The number of thioether (sulfide) groups is 1. The van der Waals surface area contributed by atoms with Crippen molar-refractivity contribution in [2.24, 2.45) is 5.73 Å². The van der Waals surface area contributed by atoms with Crippen LogP contribution < -0.4 is 11.1 Å². The summed E-state index contributed by atoms with van der Waals surface area (Å²) in [5.74, 6) is -1.36.